The molecule has 2 aromatic rings. The maximum atomic E-state index is 13.1. The van der Waals surface area contributed by atoms with Crippen molar-refractivity contribution in [2.45, 2.75) is 0 Å². The highest BCUT2D eigenvalue weighted by Crippen LogP contribution is 2.32. The molecule has 1 amide bonds. The van der Waals surface area contributed by atoms with Gasteiger partial charge in [0.1, 0.15) is 25.2 Å². The van der Waals surface area contributed by atoms with Crippen molar-refractivity contribution in [3.05, 3.63) is 30.2 Å². The van der Waals surface area contributed by atoms with Gasteiger partial charge in [-0.05, 0) is 12.1 Å². The third-order valence-electron chi connectivity index (χ3n) is 4.66. The van der Waals surface area contributed by atoms with E-state index in [-0.39, 0.29) is 11.7 Å². The molecule has 1 fully saturated rings. The van der Waals surface area contributed by atoms with E-state index in [4.69, 9.17) is 18.9 Å². The standard InChI is InChI=1S/C19H23N3O5S/c1-24-14-2-3-17-15(12-14)20-19(28-17)22(5-4-21-6-8-25-9-7-21)18(23)16-13-26-10-11-27-16/h2-3,12-13H,4-11H2,1H3. The number of anilines is 1. The monoisotopic (exact) mass is 405 g/mol. The molecule has 28 heavy (non-hydrogen) atoms. The second-order valence-corrected chi connectivity index (χ2v) is 7.45. The van der Waals surface area contributed by atoms with Crippen LogP contribution in [0.5, 0.6) is 5.75 Å². The van der Waals surface area contributed by atoms with Crippen LogP contribution in [0, 0.1) is 0 Å². The van der Waals surface area contributed by atoms with Gasteiger partial charge in [-0.25, -0.2) is 4.98 Å². The Kier molecular flexibility index (Phi) is 5.94. The molecule has 1 aromatic heterocycles. The van der Waals surface area contributed by atoms with E-state index < -0.39 is 0 Å². The molecule has 2 aliphatic rings. The van der Waals surface area contributed by atoms with Gasteiger partial charge in [0, 0.05) is 32.2 Å². The van der Waals surface area contributed by atoms with E-state index in [1.807, 2.05) is 18.2 Å². The van der Waals surface area contributed by atoms with Crippen molar-refractivity contribution >= 4 is 32.6 Å². The first-order chi connectivity index (χ1) is 13.7. The van der Waals surface area contributed by atoms with Gasteiger partial charge < -0.3 is 18.9 Å². The highest BCUT2D eigenvalue weighted by Gasteiger charge is 2.27. The molecule has 150 valence electrons. The minimum atomic E-state index is -0.237. The molecule has 8 nitrogen and oxygen atoms in total. The Morgan fingerprint density at radius 1 is 1.29 bits per heavy atom. The van der Waals surface area contributed by atoms with Gasteiger partial charge in [-0.3, -0.25) is 14.6 Å². The quantitative estimate of drug-likeness (QED) is 0.726. The number of carbonyl (C=O) groups is 1. The number of morpholine rings is 1. The topological polar surface area (TPSA) is 73.4 Å². The molecule has 0 saturated carbocycles. The van der Waals surface area contributed by atoms with E-state index in [0.717, 1.165) is 48.8 Å². The van der Waals surface area contributed by atoms with Gasteiger partial charge in [0.2, 0.25) is 5.76 Å². The zero-order valence-electron chi connectivity index (χ0n) is 15.8. The van der Waals surface area contributed by atoms with Crippen molar-refractivity contribution in [3.63, 3.8) is 0 Å². The van der Waals surface area contributed by atoms with E-state index in [9.17, 15) is 4.79 Å². The fourth-order valence-electron chi connectivity index (χ4n) is 3.10. The molecule has 0 atom stereocenters. The summed E-state index contributed by atoms with van der Waals surface area (Å²) in [6, 6.07) is 5.73. The molecule has 0 unspecified atom stereocenters. The highest BCUT2D eigenvalue weighted by molar-refractivity contribution is 7.22. The number of carbonyl (C=O) groups excluding carboxylic acids is 1. The largest absolute Gasteiger partial charge is 0.497 e. The number of ether oxygens (including phenoxy) is 4. The van der Waals surface area contributed by atoms with Crippen LogP contribution in [0.15, 0.2) is 30.2 Å². The molecular formula is C19H23N3O5S. The summed E-state index contributed by atoms with van der Waals surface area (Å²) >= 11 is 1.48. The average molecular weight is 405 g/mol. The van der Waals surface area contributed by atoms with Crippen LogP contribution in [0.4, 0.5) is 5.13 Å². The number of amides is 1. The Morgan fingerprint density at radius 2 is 2.14 bits per heavy atom. The summed E-state index contributed by atoms with van der Waals surface area (Å²) in [7, 11) is 1.62. The zero-order valence-corrected chi connectivity index (χ0v) is 16.6. The number of hydrogen-bond acceptors (Lipinski definition) is 8. The average Bonchev–Trinajstić information content (AvgIpc) is 3.18. The molecular weight excluding hydrogens is 382 g/mol. The summed E-state index contributed by atoms with van der Waals surface area (Å²) in [5, 5.41) is 0.636. The second kappa shape index (κ2) is 8.76. The third kappa shape index (κ3) is 4.21. The zero-order chi connectivity index (χ0) is 19.3. The van der Waals surface area contributed by atoms with E-state index in [1.165, 1.54) is 17.6 Å². The number of fused-ring (bicyclic) bond motifs is 1. The predicted octanol–water partition coefficient (Wildman–Crippen LogP) is 1.86. The smallest absolute Gasteiger partial charge is 0.298 e. The molecule has 4 rings (SSSR count). The van der Waals surface area contributed by atoms with E-state index in [1.54, 1.807) is 12.0 Å². The SMILES string of the molecule is COc1ccc2sc(N(CCN3CCOCC3)C(=O)C3=COCCO3)nc2c1. The lowest BCUT2D eigenvalue weighted by Gasteiger charge is -2.29. The minimum absolute atomic E-state index is 0.213. The number of thiazole rings is 1. The minimum Gasteiger partial charge on any atom is -0.497 e. The third-order valence-corrected chi connectivity index (χ3v) is 5.72. The van der Waals surface area contributed by atoms with Crippen LogP contribution in [0.2, 0.25) is 0 Å². The number of benzene rings is 1. The van der Waals surface area contributed by atoms with Crippen LogP contribution in [0.3, 0.4) is 0 Å². The van der Waals surface area contributed by atoms with Crippen molar-refractivity contribution < 1.29 is 23.7 Å². The number of hydrogen-bond donors (Lipinski definition) is 0. The summed E-state index contributed by atoms with van der Waals surface area (Å²) < 4.78 is 22.5. The van der Waals surface area contributed by atoms with Crippen LogP contribution in [0.25, 0.3) is 10.2 Å². The molecule has 3 heterocycles. The summed E-state index contributed by atoms with van der Waals surface area (Å²) in [4.78, 5) is 21.8. The molecule has 0 N–H and O–H groups in total. The molecule has 1 aromatic carbocycles. The maximum absolute atomic E-state index is 13.1. The molecule has 2 aliphatic heterocycles. The van der Waals surface area contributed by atoms with Crippen molar-refractivity contribution in [2.24, 2.45) is 0 Å². The van der Waals surface area contributed by atoms with E-state index in [2.05, 4.69) is 9.88 Å². The molecule has 0 spiro atoms. The Bertz CT molecular complexity index is 862. The van der Waals surface area contributed by atoms with Crippen LogP contribution in [-0.4, -0.2) is 75.5 Å². The fraction of sp³-hybridized carbons (Fsp3) is 0.474. The lowest BCUT2D eigenvalue weighted by molar-refractivity contribution is -0.119. The molecule has 0 radical (unpaired) electrons. The van der Waals surface area contributed by atoms with Gasteiger partial charge in [-0.1, -0.05) is 11.3 Å². The van der Waals surface area contributed by atoms with E-state index >= 15 is 0 Å². The first-order valence-electron chi connectivity index (χ1n) is 9.26. The highest BCUT2D eigenvalue weighted by atomic mass is 32.1. The predicted molar refractivity (Wildman–Crippen MR) is 106 cm³/mol. The Balaban J connectivity index is 1.59. The van der Waals surface area contributed by atoms with E-state index in [0.29, 0.717) is 24.9 Å². The van der Waals surface area contributed by atoms with Crippen LogP contribution < -0.4 is 9.64 Å². The first kappa shape index (κ1) is 19.0. The number of rotatable bonds is 6. The van der Waals surface area contributed by atoms with Crippen molar-refractivity contribution in [2.75, 3.05) is 64.6 Å². The lowest BCUT2D eigenvalue weighted by Crippen LogP contribution is -2.44. The van der Waals surface area contributed by atoms with Crippen molar-refractivity contribution in [1.29, 1.82) is 0 Å². The Labute approximate surface area is 167 Å². The van der Waals surface area contributed by atoms with Crippen molar-refractivity contribution in [3.8, 4) is 5.75 Å². The van der Waals surface area contributed by atoms with Crippen LogP contribution >= 0.6 is 11.3 Å². The summed E-state index contributed by atoms with van der Waals surface area (Å²) in [6.07, 6.45) is 1.39. The second-order valence-electron chi connectivity index (χ2n) is 6.44. The van der Waals surface area contributed by atoms with Gasteiger partial charge >= 0.3 is 0 Å². The van der Waals surface area contributed by atoms with Crippen molar-refractivity contribution in [1.82, 2.24) is 9.88 Å². The number of methoxy groups -OCH3 is 1. The van der Waals surface area contributed by atoms with Crippen LogP contribution in [0.1, 0.15) is 0 Å². The summed E-state index contributed by atoms with van der Waals surface area (Å²) in [5.74, 6) is 0.714. The Morgan fingerprint density at radius 3 is 2.89 bits per heavy atom. The Hall–Kier alpha value is -2.36. The summed E-state index contributed by atoms with van der Waals surface area (Å²) in [5.41, 5.74) is 0.804. The summed E-state index contributed by atoms with van der Waals surface area (Å²) in [6.45, 7) is 5.23. The fourth-order valence-corrected chi connectivity index (χ4v) is 4.07. The lowest BCUT2D eigenvalue weighted by atomic mass is 10.3. The van der Waals surface area contributed by atoms with Gasteiger partial charge in [0.25, 0.3) is 5.91 Å². The normalized spacial score (nSPS) is 17.5. The number of aromatic nitrogens is 1. The molecule has 0 aliphatic carbocycles. The van der Waals surface area contributed by atoms with Gasteiger partial charge in [0.15, 0.2) is 5.13 Å². The number of nitrogens with zero attached hydrogens (tertiary/aromatic N) is 3. The molecule has 9 heteroatoms. The maximum Gasteiger partial charge on any atom is 0.298 e. The molecule has 1 saturated heterocycles. The van der Waals surface area contributed by atoms with Gasteiger partial charge in [0.05, 0.1) is 30.5 Å². The van der Waals surface area contributed by atoms with Gasteiger partial charge in [-0.2, -0.15) is 0 Å². The molecule has 0 bridgehead atoms. The first-order valence-corrected chi connectivity index (χ1v) is 10.1. The van der Waals surface area contributed by atoms with Gasteiger partial charge in [-0.15, -0.1) is 0 Å². The van der Waals surface area contributed by atoms with Crippen LogP contribution in [-0.2, 0) is 19.0 Å².